The maximum absolute atomic E-state index is 5.72. The molecule has 0 aliphatic carbocycles. The Hall–Kier alpha value is -0.790. The van der Waals surface area contributed by atoms with Crippen molar-refractivity contribution < 1.29 is 0 Å². The van der Waals surface area contributed by atoms with Crippen LogP contribution in [0.1, 0.15) is 0 Å². The molecule has 5 nitrogen and oxygen atoms in total. The molecule has 0 saturated carbocycles. The van der Waals surface area contributed by atoms with Crippen molar-refractivity contribution in [1.29, 1.82) is 0 Å². The fourth-order valence-electron chi connectivity index (χ4n) is 1.44. The molecular formula is C9H15N5S. The van der Waals surface area contributed by atoms with Gasteiger partial charge in [-0.15, -0.1) is 12.6 Å². The predicted molar refractivity (Wildman–Crippen MR) is 64.0 cm³/mol. The van der Waals surface area contributed by atoms with Crippen LogP contribution in [0.15, 0.2) is 30.3 Å². The van der Waals surface area contributed by atoms with Gasteiger partial charge in [-0.25, -0.2) is 0 Å². The highest BCUT2D eigenvalue weighted by Crippen LogP contribution is 2.06. The van der Waals surface area contributed by atoms with Gasteiger partial charge in [0.25, 0.3) is 0 Å². The molecule has 0 bridgehead atoms. The number of rotatable bonds is 2. The monoisotopic (exact) mass is 225 g/mol. The van der Waals surface area contributed by atoms with Gasteiger partial charge in [-0.05, 0) is 12.1 Å². The standard InChI is InChI=1S/C9H15N5S/c10-7-12-8(14-9(15)13-7)11-6-4-2-1-3-5-6/h1-5,7-9,11-15H,10H2/t7-,8+,9+/m0/s1. The lowest BCUT2D eigenvalue weighted by molar-refractivity contribution is 0.269. The smallest absolute Gasteiger partial charge is 0.136 e. The second-order valence-electron chi connectivity index (χ2n) is 3.32. The summed E-state index contributed by atoms with van der Waals surface area (Å²) in [6.45, 7) is 0. The molecule has 1 aromatic carbocycles. The number of nitrogens with two attached hydrogens (primary N) is 1. The molecule has 1 aliphatic heterocycles. The number of benzene rings is 1. The van der Waals surface area contributed by atoms with Gasteiger partial charge in [0.15, 0.2) is 0 Å². The van der Waals surface area contributed by atoms with Crippen LogP contribution in [0.4, 0.5) is 5.69 Å². The molecule has 0 spiro atoms. The van der Waals surface area contributed by atoms with Crippen molar-refractivity contribution in [1.82, 2.24) is 16.0 Å². The van der Waals surface area contributed by atoms with E-state index in [-0.39, 0.29) is 18.1 Å². The van der Waals surface area contributed by atoms with E-state index in [1.165, 1.54) is 0 Å². The molecule has 1 aliphatic rings. The molecule has 0 aromatic heterocycles. The molecule has 3 atom stereocenters. The average Bonchev–Trinajstić information content (AvgIpc) is 2.17. The van der Waals surface area contributed by atoms with Crippen LogP contribution in [0.3, 0.4) is 0 Å². The molecule has 2 rings (SSSR count). The molecule has 0 unspecified atom stereocenters. The third-order valence-corrected chi connectivity index (χ3v) is 2.39. The number of thiol groups is 1. The number of hydrogen-bond acceptors (Lipinski definition) is 6. The fraction of sp³-hybridized carbons (Fsp3) is 0.333. The SMILES string of the molecule is N[C@@H]1N[C@@H](S)N[C@H](Nc2ccccc2)N1. The fourth-order valence-corrected chi connectivity index (χ4v) is 1.75. The second-order valence-corrected chi connectivity index (χ2v) is 3.84. The average molecular weight is 225 g/mol. The lowest BCUT2D eigenvalue weighted by Gasteiger charge is -2.35. The third-order valence-electron chi connectivity index (χ3n) is 2.09. The van der Waals surface area contributed by atoms with Crippen LogP contribution in [-0.2, 0) is 0 Å². The highest BCUT2D eigenvalue weighted by molar-refractivity contribution is 7.80. The summed E-state index contributed by atoms with van der Waals surface area (Å²) in [7, 11) is 0. The van der Waals surface area contributed by atoms with E-state index >= 15 is 0 Å². The topological polar surface area (TPSA) is 74.1 Å². The summed E-state index contributed by atoms with van der Waals surface area (Å²) in [6.07, 6.45) is -0.360. The first-order valence-electron chi connectivity index (χ1n) is 4.77. The zero-order chi connectivity index (χ0) is 10.7. The molecule has 1 aromatic rings. The van der Waals surface area contributed by atoms with Gasteiger partial charge in [-0.1, -0.05) is 18.2 Å². The van der Waals surface area contributed by atoms with E-state index in [0.717, 1.165) is 5.69 Å². The minimum absolute atomic E-state index is 0.0915. The molecule has 6 N–H and O–H groups in total. The summed E-state index contributed by atoms with van der Waals surface area (Å²) in [5.74, 6) is 0. The van der Waals surface area contributed by atoms with Crippen molar-refractivity contribution in [3.63, 3.8) is 0 Å². The van der Waals surface area contributed by atoms with Crippen molar-refractivity contribution in [2.24, 2.45) is 5.73 Å². The van der Waals surface area contributed by atoms with E-state index in [0.29, 0.717) is 0 Å². The maximum Gasteiger partial charge on any atom is 0.136 e. The van der Waals surface area contributed by atoms with Crippen molar-refractivity contribution in [3.05, 3.63) is 30.3 Å². The molecule has 1 heterocycles. The van der Waals surface area contributed by atoms with E-state index in [2.05, 4.69) is 33.9 Å². The number of hydrogen-bond donors (Lipinski definition) is 6. The maximum atomic E-state index is 5.72. The van der Waals surface area contributed by atoms with Crippen LogP contribution in [0.25, 0.3) is 0 Å². The first-order valence-corrected chi connectivity index (χ1v) is 5.29. The van der Waals surface area contributed by atoms with Crippen LogP contribution in [0.5, 0.6) is 0 Å². The van der Waals surface area contributed by atoms with Crippen LogP contribution < -0.4 is 27.0 Å². The largest absolute Gasteiger partial charge is 0.357 e. The minimum Gasteiger partial charge on any atom is -0.357 e. The predicted octanol–water partition coefficient (Wildman–Crippen LogP) is -0.380. The van der Waals surface area contributed by atoms with Crippen LogP contribution in [0.2, 0.25) is 0 Å². The Morgan fingerprint density at radius 3 is 2.53 bits per heavy atom. The number of para-hydroxylation sites is 1. The lowest BCUT2D eigenvalue weighted by atomic mass is 10.3. The summed E-state index contributed by atoms with van der Waals surface area (Å²) >= 11 is 4.26. The number of nitrogens with one attached hydrogen (secondary N) is 4. The van der Waals surface area contributed by atoms with E-state index < -0.39 is 0 Å². The van der Waals surface area contributed by atoms with E-state index in [1.807, 2.05) is 30.3 Å². The highest BCUT2D eigenvalue weighted by Gasteiger charge is 2.21. The number of anilines is 1. The van der Waals surface area contributed by atoms with Crippen LogP contribution >= 0.6 is 12.6 Å². The first-order chi connectivity index (χ1) is 7.24. The van der Waals surface area contributed by atoms with Crippen molar-refractivity contribution >= 4 is 18.3 Å². The third kappa shape index (κ3) is 3.08. The Kier molecular flexibility index (Phi) is 3.45. The summed E-state index contributed by atoms with van der Waals surface area (Å²) in [5.41, 5.74) is 6.62. The van der Waals surface area contributed by atoms with Crippen molar-refractivity contribution in [2.45, 2.75) is 18.1 Å². The first kappa shape index (κ1) is 10.7. The zero-order valence-corrected chi connectivity index (χ0v) is 9.04. The molecule has 6 heteroatoms. The second kappa shape index (κ2) is 4.82. The Morgan fingerprint density at radius 1 is 1.13 bits per heavy atom. The zero-order valence-electron chi connectivity index (χ0n) is 8.14. The molecule has 0 amide bonds. The molecule has 1 fully saturated rings. The van der Waals surface area contributed by atoms with Crippen LogP contribution in [-0.4, -0.2) is 18.1 Å². The van der Waals surface area contributed by atoms with E-state index in [9.17, 15) is 0 Å². The Bertz CT molecular complexity index is 297. The van der Waals surface area contributed by atoms with Crippen molar-refractivity contribution in [3.8, 4) is 0 Å². The van der Waals surface area contributed by atoms with Gasteiger partial charge in [0, 0.05) is 5.69 Å². The normalized spacial score (nSPS) is 31.2. The molecular weight excluding hydrogens is 210 g/mol. The van der Waals surface area contributed by atoms with Gasteiger partial charge in [0.2, 0.25) is 0 Å². The van der Waals surface area contributed by atoms with Gasteiger partial charge in [-0.3, -0.25) is 16.0 Å². The minimum atomic E-state index is -0.269. The van der Waals surface area contributed by atoms with E-state index in [4.69, 9.17) is 5.73 Å². The van der Waals surface area contributed by atoms with Gasteiger partial charge in [0.05, 0.1) is 0 Å². The summed E-state index contributed by atoms with van der Waals surface area (Å²) in [5, 5.41) is 12.5. The van der Waals surface area contributed by atoms with Crippen LogP contribution in [0, 0.1) is 0 Å². The van der Waals surface area contributed by atoms with Gasteiger partial charge in [-0.2, -0.15) is 0 Å². The van der Waals surface area contributed by atoms with Gasteiger partial charge < -0.3 is 11.1 Å². The van der Waals surface area contributed by atoms with Gasteiger partial charge >= 0.3 is 0 Å². The summed E-state index contributed by atoms with van der Waals surface area (Å²) in [6, 6.07) is 9.90. The molecule has 0 radical (unpaired) electrons. The molecule has 1 saturated heterocycles. The van der Waals surface area contributed by atoms with E-state index in [1.54, 1.807) is 0 Å². The molecule has 15 heavy (non-hydrogen) atoms. The summed E-state index contributed by atoms with van der Waals surface area (Å²) in [4.78, 5) is 0. The Balaban J connectivity index is 1.94. The Morgan fingerprint density at radius 2 is 1.87 bits per heavy atom. The van der Waals surface area contributed by atoms with Gasteiger partial charge in [0.1, 0.15) is 18.1 Å². The lowest BCUT2D eigenvalue weighted by Crippen LogP contribution is -2.70. The van der Waals surface area contributed by atoms with Crippen molar-refractivity contribution in [2.75, 3.05) is 5.32 Å². The summed E-state index contributed by atoms with van der Waals surface area (Å²) < 4.78 is 0. The quantitative estimate of drug-likeness (QED) is 0.387. The molecule has 82 valence electrons. The Labute approximate surface area is 94.2 Å². The highest BCUT2D eigenvalue weighted by atomic mass is 32.1.